The first-order valence-electron chi connectivity index (χ1n) is 4.33. The summed E-state index contributed by atoms with van der Waals surface area (Å²) in [6, 6.07) is 7.34. The molecule has 0 fully saturated rings. The van der Waals surface area contributed by atoms with Crippen LogP contribution < -0.4 is 0 Å². The fourth-order valence-electron chi connectivity index (χ4n) is 1.18. The van der Waals surface area contributed by atoms with Crippen molar-refractivity contribution in [3.8, 4) is 0 Å². The zero-order valence-electron chi connectivity index (χ0n) is 7.87. The maximum absolute atomic E-state index is 11.5. The Morgan fingerprint density at radius 2 is 2.21 bits per heavy atom. The molecule has 0 radical (unpaired) electrons. The van der Waals surface area contributed by atoms with Crippen molar-refractivity contribution in [1.29, 1.82) is 0 Å². The van der Waals surface area contributed by atoms with Crippen LogP contribution >= 0.6 is 11.6 Å². The Labute approximate surface area is 88.1 Å². The Balaban J connectivity index is 2.88. The summed E-state index contributed by atoms with van der Waals surface area (Å²) in [6.45, 7) is 1.99. The van der Waals surface area contributed by atoms with Gasteiger partial charge in [-0.1, -0.05) is 36.7 Å². The van der Waals surface area contributed by atoms with E-state index in [0.717, 1.165) is 23.8 Å². The number of aryl methyl sites for hydroxylation is 1. The van der Waals surface area contributed by atoms with Crippen LogP contribution in [0.5, 0.6) is 0 Å². The van der Waals surface area contributed by atoms with Crippen molar-refractivity contribution in [1.82, 2.24) is 0 Å². The lowest BCUT2D eigenvalue weighted by Crippen LogP contribution is -2.04. The van der Waals surface area contributed by atoms with Gasteiger partial charge in [-0.15, -0.1) is 0 Å². The van der Waals surface area contributed by atoms with Gasteiger partial charge in [0.25, 0.3) is 0 Å². The predicted molar refractivity (Wildman–Crippen MR) is 56.2 cm³/mol. The van der Waals surface area contributed by atoms with Crippen LogP contribution in [-0.2, 0) is 11.2 Å². The van der Waals surface area contributed by atoms with E-state index >= 15 is 0 Å². The average Bonchev–Trinajstić information content (AvgIpc) is 2.25. The lowest BCUT2D eigenvalue weighted by Gasteiger charge is -2.04. The molecule has 0 bridgehead atoms. The first kappa shape index (κ1) is 10.8. The Kier molecular flexibility index (Phi) is 4.20. The number of esters is 1. The summed E-state index contributed by atoms with van der Waals surface area (Å²) in [5.41, 5.74) is 2.72. The summed E-state index contributed by atoms with van der Waals surface area (Å²) < 4.78 is 4.77. The Morgan fingerprint density at radius 3 is 2.86 bits per heavy atom. The number of ether oxygens (including phenoxy) is 1. The molecule has 1 aromatic carbocycles. The van der Waals surface area contributed by atoms with Crippen LogP contribution in [0.15, 0.2) is 36.1 Å². The molecule has 0 aliphatic carbocycles. The highest BCUT2D eigenvalue weighted by Gasteiger charge is 2.09. The number of rotatable bonds is 3. The number of hydrogen-bond acceptors (Lipinski definition) is 2. The highest BCUT2D eigenvalue weighted by molar-refractivity contribution is 6.25. The van der Waals surface area contributed by atoms with E-state index in [1.165, 1.54) is 0 Å². The van der Waals surface area contributed by atoms with Crippen LogP contribution in [0.4, 0.5) is 0 Å². The van der Waals surface area contributed by atoms with Gasteiger partial charge in [-0.25, -0.2) is 4.79 Å². The number of halogens is 1. The molecule has 0 atom stereocenters. The van der Waals surface area contributed by atoms with Gasteiger partial charge in [0, 0.05) is 5.54 Å². The monoisotopic (exact) mass is 210 g/mol. The number of benzene rings is 1. The van der Waals surface area contributed by atoms with Gasteiger partial charge >= 0.3 is 5.97 Å². The molecule has 0 saturated carbocycles. The lowest BCUT2D eigenvalue weighted by molar-refractivity contribution is 0.0662. The summed E-state index contributed by atoms with van der Waals surface area (Å²) in [4.78, 5) is 11.5. The molecule has 0 saturated heterocycles. The molecule has 0 amide bonds. The van der Waals surface area contributed by atoms with Crippen molar-refractivity contribution in [3.05, 3.63) is 47.2 Å². The van der Waals surface area contributed by atoms with Gasteiger partial charge in [0.2, 0.25) is 0 Å². The first-order valence-corrected chi connectivity index (χ1v) is 4.77. The van der Waals surface area contributed by atoms with Gasteiger partial charge in [0.15, 0.2) is 0 Å². The van der Waals surface area contributed by atoms with Crippen LogP contribution in [0.3, 0.4) is 0 Å². The minimum atomic E-state index is -0.376. The number of carbonyl (C=O) groups excluding carboxylic acids is 1. The third kappa shape index (κ3) is 2.60. The molecule has 0 heterocycles. The molecule has 1 aromatic rings. The molecule has 0 aliphatic rings. The Hall–Kier alpha value is -1.28. The third-order valence-electron chi connectivity index (χ3n) is 1.84. The molecular formula is C11H11ClO2. The Morgan fingerprint density at radius 1 is 1.50 bits per heavy atom. The smallest absolute Gasteiger partial charge is 0.343 e. The maximum Gasteiger partial charge on any atom is 0.343 e. The van der Waals surface area contributed by atoms with E-state index < -0.39 is 0 Å². The SMILES string of the molecule is CCc1ccccc1C(=O)O/C=C/Cl. The van der Waals surface area contributed by atoms with Gasteiger partial charge in [-0.3, -0.25) is 0 Å². The summed E-state index contributed by atoms with van der Waals surface area (Å²) >= 11 is 5.25. The zero-order chi connectivity index (χ0) is 10.4. The van der Waals surface area contributed by atoms with E-state index in [9.17, 15) is 4.79 Å². The summed E-state index contributed by atoms with van der Waals surface area (Å²) in [5, 5.41) is 0. The van der Waals surface area contributed by atoms with Crippen LogP contribution in [-0.4, -0.2) is 5.97 Å². The normalized spacial score (nSPS) is 10.4. The average molecular weight is 211 g/mol. The molecule has 1 rings (SSSR count). The number of hydrogen-bond donors (Lipinski definition) is 0. The molecule has 0 N–H and O–H groups in total. The largest absolute Gasteiger partial charge is 0.430 e. The van der Waals surface area contributed by atoms with Crippen molar-refractivity contribution in [2.45, 2.75) is 13.3 Å². The van der Waals surface area contributed by atoms with Crippen molar-refractivity contribution in [2.24, 2.45) is 0 Å². The van der Waals surface area contributed by atoms with E-state index in [4.69, 9.17) is 16.3 Å². The second-order valence-electron chi connectivity index (χ2n) is 2.68. The molecule has 0 aliphatic heterocycles. The topological polar surface area (TPSA) is 26.3 Å². The highest BCUT2D eigenvalue weighted by atomic mass is 35.5. The van der Waals surface area contributed by atoms with Crippen LogP contribution in [0.1, 0.15) is 22.8 Å². The second-order valence-corrected chi connectivity index (χ2v) is 2.93. The Bertz CT molecular complexity index is 345. The number of carbonyl (C=O) groups is 1. The molecular weight excluding hydrogens is 200 g/mol. The van der Waals surface area contributed by atoms with Gasteiger partial charge < -0.3 is 4.74 Å². The predicted octanol–water partition coefficient (Wildman–Crippen LogP) is 3.12. The molecule has 3 heteroatoms. The lowest BCUT2D eigenvalue weighted by atomic mass is 10.1. The highest BCUT2D eigenvalue weighted by Crippen LogP contribution is 2.10. The standard InChI is InChI=1S/C11H11ClO2/c1-2-9-5-3-4-6-10(9)11(13)14-8-7-12/h3-8H,2H2,1H3/b8-7+. The molecule has 0 unspecified atom stereocenters. The molecule has 14 heavy (non-hydrogen) atoms. The van der Waals surface area contributed by atoms with Gasteiger partial charge in [-0.05, 0) is 18.1 Å². The van der Waals surface area contributed by atoms with E-state index in [1.54, 1.807) is 12.1 Å². The van der Waals surface area contributed by atoms with Gasteiger partial charge in [-0.2, -0.15) is 0 Å². The van der Waals surface area contributed by atoms with E-state index in [2.05, 4.69) is 0 Å². The minimum absolute atomic E-state index is 0.376. The van der Waals surface area contributed by atoms with Gasteiger partial charge in [0.05, 0.1) is 5.56 Å². The van der Waals surface area contributed by atoms with E-state index in [-0.39, 0.29) is 5.97 Å². The molecule has 74 valence electrons. The molecule has 0 spiro atoms. The van der Waals surface area contributed by atoms with Crippen LogP contribution in [0.25, 0.3) is 0 Å². The van der Waals surface area contributed by atoms with E-state index in [1.807, 2.05) is 19.1 Å². The fourth-order valence-corrected chi connectivity index (χ4v) is 1.23. The maximum atomic E-state index is 11.5. The van der Waals surface area contributed by atoms with Crippen molar-refractivity contribution < 1.29 is 9.53 Å². The minimum Gasteiger partial charge on any atom is -0.430 e. The molecule has 2 nitrogen and oxygen atoms in total. The van der Waals surface area contributed by atoms with Crippen molar-refractivity contribution >= 4 is 17.6 Å². The summed E-state index contributed by atoms with van der Waals surface area (Å²) in [5.74, 6) is -0.376. The van der Waals surface area contributed by atoms with E-state index in [0.29, 0.717) is 5.56 Å². The quantitative estimate of drug-likeness (QED) is 0.566. The third-order valence-corrected chi connectivity index (χ3v) is 1.95. The van der Waals surface area contributed by atoms with Gasteiger partial charge in [0.1, 0.15) is 6.26 Å². The zero-order valence-corrected chi connectivity index (χ0v) is 8.62. The summed E-state index contributed by atoms with van der Waals surface area (Å²) in [6.07, 6.45) is 1.96. The van der Waals surface area contributed by atoms with Crippen LogP contribution in [0.2, 0.25) is 0 Å². The second kappa shape index (κ2) is 5.45. The van der Waals surface area contributed by atoms with Crippen molar-refractivity contribution in [2.75, 3.05) is 0 Å². The molecule has 0 aromatic heterocycles. The summed E-state index contributed by atoms with van der Waals surface area (Å²) in [7, 11) is 0. The fraction of sp³-hybridized carbons (Fsp3) is 0.182. The van der Waals surface area contributed by atoms with Crippen molar-refractivity contribution in [3.63, 3.8) is 0 Å². The van der Waals surface area contributed by atoms with Crippen LogP contribution in [0, 0.1) is 0 Å². The first-order chi connectivity index (χ1) is 6.79.